The van der Waals surface area contributed by atoms with E-state index in [2.05, 4.69) is 10.3 Å². The van der Waals surface area contributed by atoms with Gasteiger partial charge in [0.25, 0.3) is 0 Å². The van der Waals surface area contributed by atoms with E-state index in [1.807, 2.05) is 6.07 Å². The van der Waals surface area contributed by atoms with Gasteiger partial charge in [-0.05, 0) is 19.1 Å². The summed E-state index contributed by atoms with van der Waals surface area (Å²) in [6.45, 7) is 2.02. The predicted octanol–water partition coefficient (Wildman–Crippen LogP) is 2.98. The number of carboxylic acid groups (broad SMARTS) is 1. The van der Waals surface area contributed by atoms with Crippen molar-refractivity contribution in [2.24, 2.45) is 0 Å². The van der Waals surface area contributed by atoms with E-state index in [1.165, 1.54) is 28.1 Å². The topological polar surface area (TPSA) is 79.3 Å². The molecule has 0 unspecified atom stereocenters. The number of aromatic carboxylic acids is 1. The largest absolute Gasteiger partial charge is 0.476 e. The van der Waals surface area contributed by atoms with E-state index in [4.69, 9.17) is 16.7 Å². The van der Waals surface area contributed by atoms with Gasteiger partial charge in [0.15, 0.2) is 5.69 Å². The minimum Gasteiger partial charge on any atom is -0.476 e. The number of rotatable bonds is 5. The van der Waals surface area contributed by atoms with Crippen molar-refractivity contribution < 1.29 is 14.7 Å². The molecule has 20 heavy (non-hydrogen) atoms. The molecule has 0 aliphatic carbocycles. The van der Waals surface area contributed by atoms with Gasteiger partial charge in [-0.2, -0.15) is 0 Å². The van der Waals surface area contributed by atoms with E-state index in [-0.39, 0.29) is 24.1 Å². The van der Waals surface area contributed by atoms with Gasteiger partial charge in [0.1, 0.15) is 5.01 Å². The zero-order valence-corrected chi connectivity index (χ0v) is 12.8. The Bertz CT molecular complexity index is 638. The highest BCUT2D eigenvalue weighted by Gasteiger charge is 2.17. The van der Waals surface area contributed by atoms with Gasteiger partial charge in [0.2, 0.25) is 5.91 Å². The SMILES string of the molecule is C[C@H](C(=O)NCc1nc(C(=O)O)cs1)c1ccc(Cl)s1. The molecule has 0 aromatic carbocycles. The third kappa shape index (κ3) is 3.56. The molecule has 0 aliphatic heterocycles. The van der Waals surface area contributed by atoms with Gasteiger partial charge in [0.05, 0.1) is 16.8 Å². The van der Waals surface area contributed by atoms with Gasteiger partial charge in [-0.3, -0.25) is 4.79 Å². The van der Waals surface area contributed by atoms with E-state index in [1.54, 1.807) is 13.0 Å². The van der Waals surface area contributed by atoms with Gasteiger partial charge < -0.3 is 10.4 Å². The maximum atomic E-state index is 12.0. The summed E-state index contributed by atoms with van der Waals surface area (Å²) in [7, 11) is 0. The number of thiophene rings is 1. The summed E-state index contributed by atoms with van der Waals surface area (Å²) in [4.78, 5) is 27.5. The first-order valence-corrected chi connectivity index (χ1v) is 7.75. The molecular formula is C12H11ClN2O3S2. The van der Waals surface area contributed by atoms with Gasteiger partial charge in [-0.25, -0.2) is 9.78 Å². The van der Waals surface area contributed by atoms with Crippen molar-refractivity contribution in [3.63, 3.8) is 0 Å². The highest BCUT2D eigenvalue weighted by molar-refractivity contribution is 7.16. The molecule has 2 N–H and O–H groups in total. The van der Waals surface area contributed by atoms with Gasteiger partial charge in [0, 0.05) is 10.3 Å². The molecule has 1 amide bonds. The van der Waals surface area contributed by atoms with E-state index >= 15 is 0 Å². The molecule has 0 saturated carbocycles. The Morgan fingerprint density at radius 1 is 1.50 bits per heavy atom. The summed E-state index contributed by atoms with van der Waals surface area (Å²) < 4.78 is 0.644. The van der Waals surface area contributed by atoms with Crippen LogP contribution < -0.4 is 5.32 Å². The Morgan fingerprint density at radius 2 is 2.25 bits per heavy atom. The Labute approximate surface area is 128 Å². The standard InChI is InChI=1S/C12H11ClN2O3S2/c1-6(8-2-3-9(13)20-8)11(16)14-4-10-15-7(5-19-10)12(17)18/h2-3,5-6H,4H2,1H3,(H,14,16)(H,17,18)/t6-/m0/s1. The van der Waals surface area contributed by atoms with Crippen LogP contribution in [0.3, 0.4) is 0 Å². The maximum Gasteiger partial charge on any atom is 0.355 e. The number of nitrogens with zero attached hydrogens (tertiary/aromatic N) is 1. The van der Waals surface area contributed by atoms with Crippen molar-refractivity contribution in [2.75, 3.05) is 0 Å². The second kappa shape index (κ2) is 6.34. The summed E-state index contributed by atoms with van der Waals surface area (Å²) in [6.07, 6.45) is 0. The van der Waals surface area contributed by atoms with Crippen LogP contribution in [0.4, 0.5) is 0 Å². The van der Waals surface area contributed by atoms with E-state index in [0.717, 1.165) is 4.88 Å². The number of carbonyl (C=O) groups excluding carboxylic acids is 1. The van der Waals surface area contributed by atoms with Crippen LogP contribution in [0, 0.1) is 0 Å². The van der Waals surface area contributed by atoms with Crippen molar-refractivity contribution in [3.05, 3.63) is 37.4 Å². The minimum atomic E-state index is -1.07. The van der Waals surface area contributed by atoms with Gasteiger partial charge in [-0.1, -0.05) is 11.6 Å². The van der Waals surface area contributed by atoms with Crippen LogP contribution in [0.25, 0.3) is 0 Å². The molecule has 2 heterocycles. The number of carboxylic acids is 1. The second-order valence-corrected chi connectivity index (χ2v) is 6.70. The molecule has 8 heteroatoms. The summed E-state index contributed by atoms with van der Waals surface area (Å²) in [5.41, 5.74) is -0.00247. The Balaban J connectivity index is 1.92. The number of hydrogen-bond donors (Lipinski definition) is 2. The normalized spacial score (nSPS) is 12.1. The molecular weight excluding hydrogens is 320 g/mol. The number of aromatic nitrogens is 1. The third-order valence-electron chi connectivity index (χ3n) is 2.60. The zero-order valence-electron chi connectivity index (χ0n) is 10.4. The summed E-state index contributed by atoms with van der Waals surface area (Å²) >= 11 is 8.41. The van der Waals surface area contributed by atoms with Crippen LogP contribution in [-0.2, 0) is 11.3 Å². The fraction of sp³-hybridized carbons (Fsp3) is 0.250. The quantitative estimate of drug-likeness (QED) is 0.883. The lowest BCUT2D eigenvalue weighted by molar-refractivity contribution is -0.122. The van der Waals surface area contributed by atoms with Gasteiger partial charge >= 0.3 is 5.97 Å². The van der Waals surface area contributed by atoms with Crippen molar-refractivity contribution in [1.29, 1.82) is 0 Å². The molecule has 1 atom stereocenters. The predicted molar refractivity (Wildman–Crippen MR) is 78.7 cm³/mol. The first-order chi connectivity index (χ1) is 9.47. The van der Waals surface area contributed by atoms with Crippen LogP contribution in [0.5, 0.6) is 0 Å². The number of halogens is 1. The maximum absolute atomic E-state index is 12.0. The molecule has 0 spiro atoms. The van der Waals surface area contributed by atoms with Crippen molar-refractivity contribution in [2.45, 2.75) is 19.4 Å². The first kappa shape index (κ1) is 15.0. The average molecular weight is 331 g/mol. The number of carbonyl (C=O) groups is 2. The molecule has 5 nitrogen and oxygen atoms in total. The summed E-state index contributed by atoms with van der Waals surface area (Å²) in [5.74, 6) is -1.51. The number of thiazole rings is 1. The fourth-order valence-corrected chi connectivity index (χ4v) is 3.32. The molecule has 106 valence electrons. The van der Waals surface area contributed by atoms with Crippen LogP contribution >= 0.6 is 34.3 Å². The lowest BCUT2D eigenvalue weighted by Crippen LogP contribution is -2.27. The van der Waals surface area contributed by atoms with Crippen LogP contribution in [0.2, 0.25) is 4.34 Å². The highest BCUT2D eigenvalue weighted by Crippen LogP contribution is 2.28. The summed E-state index contributed by atoms with van der Waals surface area (Å²) in [6, 6.07) is 3.58. The van der Waals surface area contributed by atoms with Crippen molar-refractivity contribution in [1.82, 2.24) is 10.3 Å². The van der Waals surface area contributed by atoms with Crippen LogP contribution in [0.1, 0.15) is 33.2 Å². The molecule has 0 bridgehead atoms. The molecule has 2 rings (SSSR count). The van der Waals surface area contributed by atoms with Crippen LogP contribution in [-0.4, -0.2) is 22.0 Å². The van der Waals surface area contributed by atoms with Gasteiger partial charge in [-0.15, -0.1) is 22.7 Å². The average Bonchev–Trinajstić information content (AvgIpc) is 3.03. The summed E-state index contributed by atoms with van der Waals surface area (Å²) in [5, 5.41) is 13.5. The molecule has 0 radical (unpaired) electrons. The van der Waals surface area contributed by atoms with Crippen molar-refractivity contribution >= 4 is 46.2 Å². The van der Waals surface area contributed by atoms with Crippen molar-refractivity contribution in [3.8, 4) is 0 Å². The molecule has 0 saturated heterocycles. The molecule has 0 aliphatic rings. The fourth-order valence-electron chi connectivity index (χ4n) is 1.50. The number of nitrogens with one attached hydrogen (secondary N) is 1. The minimum absolute atomic E-state index is 0.00247. The monoisotopic (exact) mass is 330 g/mol. The third-order valence-corrected chi connectivity index (χ3v) is 4.86. The lowest BCUT2D eigenvalue weighted by atomic mass is 10.1. The number of hydrogen-bond acceptors (Lipinski definition) is 5. The molecule has 2 aromatic heterocycles. The lowest BCUT2D eigenvalue weighted by Gasteiger charge is -2.09. The Hall–Kier alpha value is -1.44. The van der Waals surface area contributed by atoms with E-state index < -0.39 is 5.97 Å². The Morgan fingerprint density at radius 3 is 2.80 bits per heavy atom. The van der Waals surface area contributed by atoms with E-state index in [0.29, 0.717) is 9.34 Å². The smallest absolute Gasteiger partial charge is 0.355 e. The molecule has 0 fully saturated rings. The van der Waals surface area contributed by atoms with E-state index in [9.17, 15) is 9.59 Å². The molecule has 2 aromatic rings. The Kier molecular flexibility index (Phi) is 4.74. The zero-order chi connectivity index (χ0) is 14.7. The second-order valence-electron chi connectivity index (χ2n) is 4.01. The van der Waals surface area contributed by atoms with Crippen LogP contribution in [0.15, 0.2) is 17.5 Å². The first-order valence-electron chi connectivity index (χ1n) is 5.68. The highest BCUT2D eigenvalue weighted by atomic mass is 35.5. The number of amides is 1.